The van der Waals surface area contributed by atoms with Crippen LogP contribution in [0, 0.1) is 0 Å². The summed E-state index contributed by atoms with van der Waals surface area (Å²) in [7, 11) is 0. The van der Waals surface area contributed by atoms with E-state index in [2.05, 4.69) is 37.5 Å². The Hall–Kier alpha value is -4.41. The number of nitrogens with one attached hydrogen (secondary N) is 1. The minimum absolute atomic E-state index is 0.129. The molecule has 0 aliphatic carbocycles. The molecule has 0 atom stereocenters. The number of imidazole rings is 1. The van der Waals surface area contributed by atoms with Gasteiger partial charge in [-0.15, -0.1) is 5.10 Å². The number of anilines is 1. The summed E-state index contributed by atoms with van der Waals surface area (Å²) in [6.07, 6.45) is 5.83. The molecule has 0 fully saturated rings. The van der Waals surface area contributed by atoms with Crippen LogP contribution in [0.5, 0.6) is 0 Å². The Morgan fingerprint density at radius 1 is 1.12 bits per heavy atom. The average molecular weight is 460 g/mol. The molecule has 0 radical (unpaired) electrons. The molecule has 1 amide bonds. The van der Waals surface area contributed by atoms with Crippen LogP contribution in [0.4, 0.5) is 5.95 Å². The van der Waals surface area contributed by atoms with E-state index in [9.17, 15) is 14.7 Å². The molecule has 0 aliphatic rings. The first-order valence-electron chi connectivity index (χ1n) is 10.9. The van der Waals surface area contributed by atoms with Crippen molar-refractivity contribution in [1.82, 2.24) is 35.2 Å². The second-order valence-corrected chi connectivity index (χ2v) is 7.68. The van der Waals surface area contributed by atoms with Crippen molar-refractivity contribution in [3.63, 3.8) is 0 Å². The lowest BCUT2D eigenvalue weighted by Crippen LogP contribution is -2.33. The van der Waals surface area contributed by atoms with Gasteiger partial charge in [-0.25, -0.2) is 9.78 Å². The summed E-state index contributed by atoms with van der Waals surface area (Å²) >= 11 is 0. The van der Waals surface area contributed by atoms with Gasteiger partial charge in [0.2, 0.25) is 0 Å². The molecular formula is C23H24N8O3. The largest absolute Gasteiger partial charge is 0.478 e. The zero-order valence-corrected chi connectivity index (χ0v) is 18.6. The predicted octanol–water partition coefficient (Wildman–Crippen LogP) is 2.73. The maximum Gasteiger partial charge on any atom is 0.335 e. The first kappa shape index (κ1) is 22.8. The van der Waals surface area contributed by atoms with Gasteiger partial charge in [-0.3, -0.25) is 14.7 Å². The summed E-state index contributed by atoms with van der Waals surface area (Å²) in [6.45, 7) is 2.61. The van der Waals surface area contributed by atoms with Crippen LogP contribution in [0.1, 0.15) is 57.7 Å². The zero-order chi connectivity index (χ0) is 23.9. The van der Waals surface area contributed by atoms with E-state index in [1.807, 2.05) is 16.7 Å². The zero-order valence-electron chi connectivity index (χ0n) is 18.6. The number of aromatic nitrogens is 7. The van der Waals surface area contributed by atoms with Crippen molar-refractivity contribution in [2.24, 2.45) is 0 Å². The number of hydrogen-bond acceptors (Lipinski definition) is 7. The topological polar surface area (TPSA) is 143 Å². The number of benzene rings is 1. The van der Waals surface area contributed by atoms with Crippen molar-refractivity contribution in [3.8, 4) is 0 Å². The first-order valence-corrected chi connectivity index (χ1v) is 10.9. The van der Waals surface area contributed by atoms with Gasteiger partial charge in [-0.1, -0.05) is 36.6 Å². The molecule has 0 aliphatic heterocycles. The third-order valence-electron chi connectivity index (χ3n) is 5.32. The van der Waals surface area contributed by atoms with E-state index in [0.717, 1.165) is 24.2 Å². The Labute approximate surface area is 195 Å². The van der Waals surface area contributed by atoms with Crippen LogP contribution < -0.4 is 4.90 Å². The van der Waals surface area contributed by atoms with Crippen molar-refractivity contribution in [2.45, 2.75) is 39.3 Å². The summed E-state index contributed by atoms with van der Waals surface area (Å²) in [5.74, 6) is -0.425. The smallest absolute Gasteiger partial charge is 0.335 e. The molecule has 2 N–H and O–H groups in total. The van der Waals surface area contributed by atoms with Crippen LogP contribution >= 0.6 is 0 Å². The monoisotopic (exact) mass is 460 g/mol. The van der Waals surface area contributed by atoms with Crippen LogP contribution in [0.2, 0.25) is 0 Å². The van der Waals surface area contributed by atoms with Gasteiger partial charge in [0.05, 0.1) is 24.0 Å². The molecule has 174 valence electrons. The predicted molar refractivity (Wildman–Crippen MR) is 122 cm³/mol. The molecule has 34 heavy (non-hydrogen) atoms. The number of carboxylic acids is 1. The second-order valence-electron chi connectivity index (χ2n) is 7.68. The maximum absolute atomic E-state index is 13.7. The highest BCUT2D eigenvalue weighted by Crippen LogP contribution is 2.19. The number of hydrogen-bond donors (Lipinski definition) is 2. The van der Waals surface area contributed by atoms with E-state index in [-0.39, 0.29) is 24.0 Å². The number of carboxylic acid groups (broad SMARTS) is 1. The van der Waals surface area contributed by atoms with Gasteiger partial charge in [0, 0.05) is 19.2 Å². The molecule has 0 bridgehead atoms. The van der Waals surface area contributed by atoms with E-state index < -0.39 is 5.97 Å². The number of aromatic amines is 1. The Kier molecular flexibility index (Phi) is 7.01. The number of aryl methyl sites for hydroxylation is 1. The number of nitrogens with zero attached hydrogens (tertiary/aromatic N) is 7. The third-order valence-corrected chi connectivity index (χ3v) is 5.32. The van der Waals surface area contributed by atoms with Crippen molar-refractivity contribution in [3.05, 3.63) is 83.2 Å². The Morgan fingerprint density at radius 2 is 1.94 bits per heavy atom. The van der Waals surface area contributed by atoms with Gasteiger partial charge < -0.3 is 9.67 Å². The van der Waals surface area contributed by atoms with Crippen molar-refractivity contribution in [2.75, 3.05) is 4.90 Å². The molecule has 0 saturated heterocycles. The van der Waals surface area contributed by atoms with E-state index in [0.29, 0.717) is 24.4 Å². The van der Waals surface area contributed by atoms with Crippen LogP contribution in [0.15, 0.2) is 54.9 Å². The van der Waals surface area contributed by atoms with Crippen molar-refractivity contribution < 1.29 is 14.7 Å². The van der Waals surface area contributed by atoms with Gasteiger partial charge in [-0.2, -0.15) is 5.21 Å². The highest BCUT2D eigenvalue weighted by atomic mass is 16.4. The Morgan fingerprint density at radius 3 is 2.59 bits per heavy atom. The number of carbonyl (C=O) groups is 2. The molecule has 4 rings (SSSR count). The fraction of sp³-hybridized carbons (Fsp3) is 0.261. The molecular weight excluding hydrogens is 436 g/mol. The maximum atomic E-state index is 13.7. The van der Waals surface area contributed by atoms with Gasteiger partial charge in [0.25, 0.3) is 11.9 Å². The van der Waals surface area contributed by atoms with Crippen LogP contribution in [-0.4, -0.2) is 52.1 Å². The lowest BCUT2D eigenvalue weighted by molar-refractivity contribution is 0.0696. The van der Waals surface area contributed by atoms with E-state index in [4.69, 9.17) is 0 Å². The number of pyridine rings is 1. The number of carbonyl (C=O) groups excluding carboxylic acids is 1. The minimum atomic E-state index is -0.987. The standard InChI is InChI=1S/C23H24N8O3/c1-2-3-7-20-25-13-19(30(20)14-16-8-10-17(11-9-16)22(33)34)21(32)31(23-26-28-29-27-23)15-18-6-4-5-12-24-18/h4-6,8-13H,2-3,7,14-15H2,1H3,(H,33,34)(H,26,27,28,29). The number of tetrazole rings is 1. The quantitative estimate of drug-likeness (QED) is 0.368. The van der Waals surface area contributed by atoms with Crippen LogP contribution in [0.3, 0.4) is 0 Å². The molecule has 11 nitrogen and oxygen atoms in total. The van der Waals surface area contributed by atoms with Gasteiger partial charge in [0.1, 0.15) is 11.5 Å². The van der Waals surface area contributed by atoms with Gasteiger partial charge >= 0.3 is 5.97 Å². The number of aromatic carboxylic acids is 1. The highest BCUT2D eigenvalue weighted by molar-refractivity contribution is 6.03. The van der Waals surface area contributed by atoms with E-state index >= 15 is 0 Å². The fourth-order valence-electron chi connectivity index (χ4n) is 3.53. The van der Waals surface area contributed by atoms with Crippen molar-refractivity contribution in [1.29, 1.82) is 0 Å². The summed E-state index contributed by atoms with van der Waals surface area (Å²) in [5, 5.41) is 23.2. The molecule has 11 heteroatoms. The third kappa shape index (κ3) is 5.14. The number of H-pyrrole nitrogens is 1. The van der Waals surface area contributed by atoms with Gasteiger partial charge in [-0.05, 0) is 41.5 Å². The summed E-state index contributed by atoms with van der Waals surface area (Å²) in [4.78, 5) is 35.2. The molecule has 3 heterocycles. The van der Waals surface area contributed by atoms with Crippen molar-refractivity contribution >= 4 is 17.8 Å². The van der Waals surface area contributed by atoms with E-state index in [1.54, 1.807) is 42.7 Å². The highest BCUT2D eigenvalue weighted by Gasteiger charge is 2.26. The van der Waals surface area contributed by atoms with Gasteiger partial charge in [0.15, 0.2) is 0 Å². The molecule has 1 aromatic carbocycles. The van der Waals surface area contributed by atoms with Crippen LogP contribution in [-0.2, 0) is 19.5 Å². The number of amides is 1. The summed E-state index contributed by atoms with van der Waals surface area (Å²) in [6, 6.07) is 12.0. The SMILES string of the molecule is CCCCc1ncc(C(=O)N(Cc2ccccn2)c2nn[nH]n2)n1Cc1ccc(C(=O)O)cc1. The average Bonchev–Trinajstić information content (AvgIpc) is 3.52. The minimum Gasteiger partial charge on any atom is -0.478 e. The fourth-order valence-corrected chi connectivity index (χ4v) is 3.53. The first-order chi connectivity index (χ1) is 16.6. The summed E-state index contributed by atoms with van der Waals surface area (Å²) in [5.41, 5.74) is 2.09. The van der Waals surface area contributed by atoms with E-state index in [1.165, 1.54) is 4.90 Å². The Balaban J connectivity index is 1.69. The Bertz CT molecular complexity index is 1240. The molecule has 0 spiro atoms. The normalized spacial score (nSPS) is 10.9. The number of unbranched alkanes of at least 4 members (excludes halogenated alkanes) is 1. The lowest BCUT2D eigenvalue weighted by atomic mass is 10.1. The molecule has 0 unspecified atom stereocenters. The molecule has 3 aromatic heterocycles. The second kappa shape index (κ2) is 10.5. The molecule has 0 saturated carbocycles. The number of rotatable bonds is 10. The summed E-state index contributed by atoms with van der Waals surface area (Å²) < 4.78 is 1.86. The lowest BCUT2D eigenvalue weighted by Gasteiger charge is -2.20. The molecule has 4 aromatic rings. The van der Waals surface area contributed by atoms with Crippen LogP contribution in [0.25, 0.3) is 0 Å².